The average Bonchev–Trinajstić information content (AvgIpc) is 3.06. The standard InChI is InChI=1S/C22H25N5O2/c1-5-23-21-20-18(27(26-21)22-24-13(2)10-14(3)25-22)11-16(12-19(20)28)15-6-8-17(29-4)9-7-15/h6-10,16H,5,11-12H2,1-4H3,(H,23,26)/t16-/m0/s1. The molecule has 0 saturated heterocycles. The maximum atomic E-state index is 13.1. The molecule has 1 aliphatic carbocycles. The summed E-state index contributed by atoms with van der Waals surface area (Å²) in [4.78, 5) is 22.2. The molecule has 7 nitrogen and oxygen atoms in total. The van der Waals surface area contributed by atoms with Gasteiger partial charge >= 0.3 is 0 Å². The van der Waals surface area contributed by atoms with Gasteiger partial charge in [0, 0.05) is 24.4 Å². The van der Waals surface area contributed by atoms with Crippen LogP contribution in [-0.4, -0.2) is 39.2 Å². The van der Waals surface area contributed by atoms with E-state index >= 15 is 0 Å². The van der Waals surface area contributed by atoms with Gasteiger partial charge in [-0.2, -0.15) is 0 Å². The minimum absolute atomic E-state index is 0.0803. The van der Waals surface area contributed by atoms with Gasteiger partial charge in [-0.1, -0.05) is 12.1 Å². The lowest BCUT2D eigenvalue weighted by atomic mass is 9.82. The summed E-state index contributed by atoms with van der Waals surface area (Å²) < 4.78 is 6.99. The van der Waals surface area contributed by atoms with Gasteiger partial charge in [0.05, 0.1) is 18.4 Å². The number of anilines is 1. The number of hydrogen-bond acceptors (Lipinski definition) is 6. The number of aryl methyl sites for hydroxylation is 2. The van der Waals surface area contributed by atoms with E-state index in [1.165, 1.54) is 0 Å². The van der Waals surface area contributed by atoms with Gasteiger partial charge in [-0.15, -0.1) is 5.10 Å². The van der Waals surface area contributed by atoms with Crippen LogP contribution in [0, 0.1) is 13.8 Å². The Balaban J connectivity index is 1.80. The fraction of sp³-hybridized carbons (Fsp3) is 0.364. The van der Waals surface area contributed by atoms with Crippen molar-refractivity contribution in [1.29, 1.82) is 0 Å². The molecule has 0 bridgehead atoms. The fourth-order valence-corrected chi connectivity index (χ4v) is 3.94. The number of benzene rings is 1. The van der Waals surface area contributed by atoms with E-state index in [2.05, 4.69) is 20.4 Å². The van der Waals surface area contributed by atoms with E-state index in [0.717, 1.165) is 28.4 Å². The number of carbonyl (C=O) groups excluding carboxylic acids is 1. The Bertz CT molecular complexity index is 1040. The van der Waals surface area contributed by atoms with Crippen molar-refractivity contribution in [2.45, 2.75) is 39.5 Å². The van der Waals surface area contributed by atoms with Crippen molar-refractivity contribution in [3.05, 3.63) is 58.5 Å². The second-order valence-electron chi connectivity index (χ2n) is 7.36. The molecule has 0 aliphatic heterocycles. The zero-order valence-corrected chi connectivity index (χ0v) is 17.2. The first-order valence-corrected chi connectivity index (χ1v) is 9.85. The summed E-state index contributed by atoms with van der Waals surface area (Å²) in [5, 5.41) is 7.91. The molecular weight excluding hydrogens is 366 g/mol. The molecule has 0 saturated carbocycles. The molecule has 0 unspecified atom stereocenters. The highest BCUT2D eigenvalue weighted by molar-refractivity contribution is 6.03. The van der Waals surface area contributed by atoms with Crippen molar-refractivity contribution in [1.82, 2.24) is 19.7 Å². The normalized spacial score (nSPS) is 15.9. The summed E-state index contributed by atoms with van der Waals surface area (Å²) in [5.74, 6) is 2.10. The van der Waals surface area contributed by atoms with Crippen LogP contribution in [-0.2, 0) is 6.42 Å². The van der Waals surface area contributed by atoms with Gasteiger partial charge in [-0.05, 0) is 56.9 Å². The van der Waals surface area contributed by atoms with Crippen LogP contribution in [0.15, 0.2) is 30.3 Å². The van der Waals surface area contributed by atoms with Gasteiger partial charge in [0.25, 0.3) is 5.95 Å². The second-order valence-corrected chi connectivity index (χ2v) is 7.36. The van der Waals surface area contributed by atoms with Crippen molar-refractivity contribution in [3.8, 4) is 11.7 Å². The number of ether oxygens (including phenoxy) is 1. The van der Waals surface area contributed by atoms with Crippen molar-refractivity contribution >= 4 is 11.6 Å². The number of hydrogen-bond donors (Lipinski definition) is 1. The first-order valence-electron chi connectivity index (χ1n) is 9.85. The molecule has 4 rings (SSSR count). The lowest BCUT2D eigenvalue weighted by Gasteiger charge is -2.23. The van der Waals surface area contributed by atoms with Crippen LogP contribution in [0.25, 0.3) is 5.95 Å². The maximum Gasteiger partial charge on any atom is 0.251 e. The average molecular weight is 391 g/mol. The Kier molecular flexibility index (Phi) is 5.05. The van der Waals surface area contributed by atoms with E-state index in [9.17, 15) is 4.79 Å². The van der Waals surface area contributed by atoms with E-state index in [-0.39, 0.29) is 11.7 Å². The van der Waals surface area contributed by atoms with Crippen LogP contribution in [0.2, 0.25) is 0 Å². The molecule has 150 valence electrons. The van der Waals surface area contributed by atoms with Gasteiger partial charge < -0.3 is 10.1 Å². The van der Waals surface area contributed by atoms with E-state index in [1.807, 2.05) is 51.1 Å². The zero-order valence-electron chi connectivity index (χ0n) is 17.2. The SMILES string of the molecule is CCNc1nn(-c2nc(C)cc(C)n2)c2c1C(=O)C[C@@H](c1ccc(OC)cc1)C2. The monoisotopic (exact) mass is 391 g/mol. The van der Waals surface area contributed by atoms with E-state index < -0.39 is 0 Å². The number of methoxy groups -OCH3 is 1. The van der Waals surface area contributed by atoms with Crippen LogP contribution in [0.1, 0.15) is 52.3 Å². The number of fused-ring (bicyclic) bond motifs is 1. The Morgan fingerprint density at radius 3 is 2.45 bits per heavy atom. The van der Waals surface area contributed by atoms with Gasteiger partial charge in [0.1, 0.15) is 5.75 Å². The number of nitrogens with zero attached hydrogens (tertiary/aromatic N) is 4. The van der Waals surface area contributed by atoms with Crippen molar-refractivity contribution < 1.29 is 9.53 Å². The fourth-order valence-electron chi connectivity index (χ4n) is 3.94. The zero-order chi connectivity index (χ0) is 20.5. The Hall–Kier alpha value is -3.22. The molecule has 2 aromatic heterocycles. The minimum atomic E-state index is 0.0803. The highest BCUT2D eigenvalue weighted by Crippen LogP contribution is 2.37. The Labute approximate surface area is 170 Å². The summed E-state index contributed by atoms with van der Waals surface area (Å²) in [6.07, 6.45) is 1.15. The summed E-state index contributed by atoms with van der Waals surface area (Å²) in [6, 6.07) is 9.85. The predicted octanol–water partition coefficient (Wildman–Crippen LogP) is 3.63. The van der Waals surface area contributed by atoms with Crippen molar-refractivity contribution in [2.24, 2.45) is 0 Å². The summed E-state index contributed by atoms with van der Waals surface area (Å²) in [6.45, 7) is 6.55. The van der Waals surface area contributed by atoms with Crippen molar-refractivity contribution in [2.75, 3.05) is 19.0 Å². The maximum absolute atomic E-state index is 13.1. The smallest absolute Gasteiger partial charge is 0.251 e. The third-order valence-electron chi connectivity index (χ3n) is 5.22. The number of aromatic nitrogens is 4. The summed E-state index contributed by atoms with van der Waals surface area (Å²) >= 11 is 0. The van der Waals surface area contributed by atoms with Crippen LogP contribution in [0.3, 0.4) is 0 Å². The van der Waals surface area contributed by atoms with Gasteiger partial charge in [0.15, 0.2) is 11.6 Å². The highest BCUT2D eigenvalue weighted by atomic mass is 16.5. The molecule has 0 amide bonds. The quantitative estimate of drug-likeness (QED) is 0.715. The molecule has 1 N–H and O–H groups in total. The van der Waals surface area contributed by atoms with Gasteiger partial charge in [-0.3, -0.25) is 4.79 Å². The molecule has 7 heteroatoms. The van der Waals surface area contributed by atoms with Crippen LogP contribution >= 0.6 is 0 Å². The predicted molar refractivity (Wildman–Crippen MR) is 111 cm³/mol. The first kappa shape index (κ1) is 19.1. The lowest BCUT2D eigenvalue weighted by molar-refractivity contribution is 0.0964. The molecule has 0 spiro atoms. The topological polar surface area (TPSA) is 81.9 Å². The molecule has 0 fully saturated rings. The van der Waals surface area contributed by atoms with Gasteiger partial charge in [-0.25, -0.2) is 14.6 Å². The number of Topliss-reactive ketones (excluding diaryl/α,β-unsaturated/α-hetero) is 1. The number of carbonyl (C=O) groups is 1. The van der Waals surface area contributed by atoms with E-state index in [1.54, 1.807) is 11.8 Å². The Morgan fingerprint density at radius 1 is 1.14 bits per heavy atom. The molecule has 1 aliphatic rings. The number of ketones is 1. The van der Waals surface area contributed by atoms with Crippen LogP contribution in [0.4, 0.5) is 5.82 Å². The largest absolute Gasteiger partial charge is 0.497 e. The molecule has 2 heterocycles. The highest BCUT2D eigenvalue weighted by Gasteiger charge is 2.34. The van der Waals surface area contributed by atoms with Gasteiger partial charge in [0.2, 0.25) is 0 Å². The number of rotatable bonds is 5. The molecule has 29 heavy (non-hydrogen) atoms. The second kappa shape index (κ2) is 7.66. The van der Waals surface area contributed by atoms with Crippen molar-refractivity contribution in [3.63, 3.8) is 0 Å². The van der Waals surface area contributed by atoms with E-state index in [4.69, 9.17) is 4.74 Å². The minimum Gasteiger partial charge on any atom is -0.497 e. The van der Waals surface area contributed by atoms with Crippen LogP contribution in [0.5, 0.6) is 5.75 Å². The summed E-state index contributed by atoms with van der Waals surface area (Å²) in [7, 11) is 1.65. The summed E-state index contributed by atoms with van der Waals surface area (Å²) in [5.41, 5.74) is 4.39. The molecule has 1 aromatic carbocycles. The van der Waals surface area contributed by atoms with Crippen LogP contribution < -0.4 is 10.1 Å². The molecule has 1 atom stereocenters. The third kappa shape index (κ3) is 3.60. The Morgan fingerprint density at radius 2 is 1.83 bits per heavy atom. The molecular formula is C22H25N5O2. The lowest BCUT2D eigenvalue weighted by Crippen LogP contribution is -2.21. The molecule has 3 aromatic rings. The number of nitrogens with one attached hydrogen (secondary N) is 1. The first-order chi connectivity index (χ1) is 14.0. The third-order valence-corrected chi connectivity index (χ3v) is 5.22. The molecule has 0 radical (unpaired) electrons. The van der Waals surface area contributed by atoms with E-state index in [0.29, 0.717) is 36.7 Å².